The van der Waals surface area contributed by atoms with Crippen LogP contribution in [0.1, 0.15) is 56.0 Å². The minimum Gasteiger partial charge on any atom is -0.493 e. The molecule has 1 fully saturated rings. The summed E-state index contributed by atoms with van der Waals surface area (Å²) in [6, 6.07) is 24.6. The van der Waals surface area contributed by atoms with E-state index in [1.54, 1.807) is 7.11 Å². The molecule has 1 N–H and O–H groups in total. The van der Waals surface area contributed by atoms with Gasteiger partial charge in [-0.05, 0) is 86.5 Å². The quantitative estimate of drug-likeness (QED) is 0.188. The average Bonchev–Trinajstić information content (AvgIpc) is 3.03. The molecular formula is C36H48N4O2. The van der Waals surface area contributed by atoms with Crippen LogP contribution < -0.4 is 19.7 Å². The molecule has 4 aromatic rings. The van der Waals surface area contributed by atoms with Crippen molar-refractivity contribution >= 4 is 16.7 Å². The number of rotatable bonds is 11. The van der Waals surface area contributed by atoms with Crippen molar-refractivity contribution in [3.8, 4) is 11.5 Å². The van der Waals surface area contributed by atoms with Crippen molar-refractivity contribution in [3.05, 3.63) is 89.7 Å². The molecule has 0 unspecified atom stereocenters. The normalized spacial score (nSPS) is 16.4. The van der Waals surface area contributed by atoms with Gasteiger partial charge in [-0.3, -0.25) is 0 Å². The Kier molecular flexibility index (Phi) is 12.0. The van der Waals surface area contributed by atoms with Gasteiger partial charge in [-0.2, -0.15) is 0 Å². The summed E-state index contributed by atoms with van der Waals surface area (Å²) in [5.74, 6) is 5.25. The number of nitrogens with zero attached hydrogens (tertiary/aromatic N) is 3. The number of aryl methyl sites for hydroxylation is 1. The molecule has 1 aromatic heterocycles. The molecule has 0 aliphatic heterocycles. The van der Waals surface area contributed by atoms with E-state index in [2.05, 4.69) is 46.5 Å². The molecular weight excluding hydrogens is 520 g/mol. The molecule has 0 radical (unpaired) electrons. The monoisotopic (exact) mass is 568 g/mol. The van der Waals surface area contributed by atoms with Crippen molar-refractivity contribution in [3.63, 3.8) is 0 Å². The molecule has 1 heterocycles. The van der Waals surface area contributed by atoms with Gasteiger partial charge in [-0.15, -0.1) is 0 Å². The van der Waals surface area contributed by atoms with Gasteiger partial charge in [0.05, 0.1) is 12.6 Å². The second-order valence-electron chi connectivity index (χ2n) is 11.5. The zero-order chi connectivity index (χ0) is 29.7. The van der Waals surface area contributed by atoms with Gasteiger partial charge in [0.2, 0.25) is 0 Å². The molecule has 1 saturated carbocycles. The standard InChI is InChI=1S/C25H35NO2.C11H13N3/c1-3-20-9-11-22(12-10-20)18-26-16-15-21-13-14-24(25(17-21)27-2)28-19-23-7-5-4-6-8-23;1-8-12-10-7-5-4-6-9(10)11(13-8)14(2)3/h4-8,13-14,17,20,22,26H,3,9-12,15-16,18-19H2,1-2H3;4-7H,1-3H3. The highest BCUT2D eigenvalue weighted by Crippen LogP contribution is 2.31. The predicted molar refractivity (Wildman–Crippen MR) is 175 cm³/mol. The van der Waals surface area contributed by atoms with Crippen LogP contribution in [0.5, 0.6) is 11.5 Å². The van der Waals surface area contributed by atoms with E-state index in [9.17, 15) is 0 Å². The third-order valence-electron chi connectivity index (χ3n) is 8.15. The molecule has 0 amide bonds. The highest BCUT2D eigenvalue weighted by atomic mass is 16.5. The summed E-state index contributed by atoms with van der Waals surface area (Å²) in [7, 11) is 5.70. The Hall–Kier alpha value is -3.64. The van der Waals surface area contributed by atoms with Gasteiger partial charge in [0.25, 0.3) is 0 Å². The summed E-state index contributed by atoms with van der Waals surface area (Å²) in [4.78, 5) is 10.8. The Bertz CT molecular complexity index is 1370. The lowest BCUT2D eigenvalue weighted by Crippen LogP contribution is -2.27. The Labute approximate surface area is 252 Å². The number of hydrogen-bond donors (Lipinski definition) is 1. The number of para-hydroxylation sites is 1. The maximum absolute atomic E-state index is 5.95. The van der Waals surface area contributed by atoms with Crippen molar-refractivity contribution in [2.45, 2.75) is 59.0 Å². The molecule has 6 nitrogen and oxygen atoms in total. The van der Waals surface area contributed by atoms with Gasteiger partial charge in [0, 0.05) is 19.5 Å². The van der Waals surface area contributed by atoms with Crippen LogP contribution in [0, 0.1) is 18.8 Å². The van der Waals surface area contributed by atoms with Crippen LogP contribution in [0.15, 0.2) is 72.8 Å². The number of methoxy groups -OCH3 is 1. The van der Waals surface area contributed by atoms with Gasteiger partial charge in [0.15, 0.2) is 11.5 Å². The number of aromatic nitrogens is 2. The first-order valence-corrected chi connectivity index (χ1v) is 15.4. The first-order chi connectivity index (χ1) is 20.5. The zero-order valence-corrected chi connectivity index (χ0v) is 26.1. The van der Waals surface area contributed by atoms with Crippen molar-refractivity contribution in [1.29, 1.82) is 0 Å². The maximum atomic E-state index is 5.95. The highest BCUT2D eigenvalue weighted by Gasteiger charge is 2.19. The van der Waals surface area contributed by atoms with E-state index < -0.39 is 0 Å². The van der Waals surface area contributed by atoms with Gasteiger partial charge < -0.3 is 19.7 Å². The van der Waals surface area contributed by atoms with Crippen molar-refractivity contribution in [1.82, 2.24) is 15.3 Å². The number of ether oxygens (including phenoxy) is 2. The van der Waals surface area contributed by atoms with Crippen LogP contribution in [0.4, 0.5) is 5.82 Å². The van der Waals surface area contributed by atoms with E-state index in [1.807, 2.05) is 74.4 Å². The number of benzene rings is 3. The van der Waals surface area contributed by atoms with E-state index in [0.717, 1.165) is 71.0 Å². The second kappa shape index (κ2) is 16.1. The predicted octanol–water partition coefficient (Wildman–Crippen LogP) is 7.63. The first-order valence-electron chi connectivity index (χ1n) is 15.4. The van der Waals surface area contributed by atoms with E-state index in [1.165, 1.54) is 37.7 Å². The van der Waals surface area contributed by atoms with Crippen LogP contribution in [-0.4, -0.2) is 44.3 Å². The lowest BCUT2D eigenvalue weighted by atomic mass is 9.81. The molecule has 224 valence electrons. The average molecular weight is 569 g/mol. The summed E-state index contributed by atoms with van der Waals surface area (Å²) in [6.45, 7) is 6.97. The summed E-state index contributed by atoms with van der Waals surface area (Å²) >= 11 is 0. The highest BCUT2D eigenvalue weighted by molar-refractivity contribution is 5.89. The summed E-state index contributed by atoms with van der Waals surface area (Å²) in [5.41, 5.74) is 3.45. The number of anilines is 1. The minimum atomic E-state index is 0.554. The molecule has 5 rings (SSSR count). The molecule has 3 aromatic carbocycles. The topological polar surface area (TPSA) is 59.5 Å². The van der Waals surface area contributed by atoms with Gasteiger partial charge in [-0.25, -0.2) is 9.97 Å². The Morgan fingerprint density at radius 3 is 2.26 bits per heavy atom. The van der Waals surface area contributed by atoms with Gasteiger partial charge in [-0.1, -0.05) is 74.7 Å². The SMILES string of the molecule is CCC1CCC(CNCCc2ccc(OCc3ccccc3)c(OC)c2)CC1.Cc1nc(N(C)C)c2ccccc2n1. The van der Waals surface area contributed by atoms with Crippen LogP contribution in [0.2, 0.25) is 0 Å². The van der Waals surface area contributed by atoms with E-state index in [0.29, 0.717) is 6.61 Å². The van der Waals surface area contributed by atoms with E-state index >= 15 is 0 Å². The molecule has 0 atom stereocenters. The van der Waals surface area contributed by atoms with Crippen molar-refractivity contribution in [2.24, 2.45) is 11.8 Å². The van der Waals surface area contributed by atoms with Crippen molar-refractivity contribution in [2.75, 3.05) is 39.2 Å². The largest absolute Gasteiger partial charge is 0.493 e. The Balaban J connectivity index is 0.000000241. The summed E-state index contributed by atoms with van der Waals surface area (Å²) in [5, 5.41) is 4.76. The molecule has 6 heteroatoms. The van der Waals surface area contributed by atoms with E-state index in [-0.39, 0.29) is 0 Å². The third-order valence-corrected chi connectivity index (χ3v) is 8.15. The maximum Gasteiger partial charge on any atom is 0.161 e. The van der Waals surface area contributed by atoms with Gasteiger partial charge in [0.1, 0.15) is 18.2 Å². The Morgan fingerprint density at radius 1 is 0.833 bits per heavy atom. The fourth-order valence-corrected chi connectivity index (χ4v) is 5.62. The number of hydrogen-bond acceptors (Lipinski definition) is 6. The first kappa shape index (κ1) is 31.3. The van der Waals surface area contributed by atoms with Crippen molar-refractivity contribution < 1.29 is 9.47 Å². The Morgan fingerprint density at radius 2 is 1.55 bits per heavy atom. The fraction of sp³-hybridized carbons (Fsp3) is 0.444. The molecule has 1 aliphatic rings. The van der Waals surface area contributed by atoms with Gasteiger partial charge >= 0.3 is 0 Å². The molecule has 0 bridgehead atoms. The molecule has 1 aliphatic carbocycles. The summed E-state index contributed by atoms with van der Waals surface area (Å²) < 4.78 is 11.5. The second-order valence-corrected chi connectivity index (χ2v) is 11.5. The molecule has 0 spiro atoms. The number of nitrogens with one attached hydrogen (secondary N) is 1. The zero-order valence-electron chi connectivity index (χ0n) is 26.1. The van der Waals surface area contributed by atoms with Crippen LogP contribution in [0.25, 0.3) is 10.9 Å². The molecule has 42 heavy (non-hydrogen) atoms. The van der Waals surface area contributed by atoms with E-state index in [4.69, 9.17) is 9.47 Å². The lowest BCUT2D eigenvalue weighted by Gasteiger charge is -2.27. The lowest BCUT2D eigenvalue weighted by molar-refractivity contribution is 0.263. The van der Waals surface area contributed by atoms with Crippen LogP contribution in [0.3, 0.4) is 0 Å². The minimum absolute atomic E-state index is 0.554. The van der Waals surface area contributed by atoms with Crippen LogP contribution >= 0.6 is 0 Å². The fourth-order valence-electron chi connectivity index (χ4n) is 5.62. The number of fused-ring (bicyclic) bond motifs is 1. The third kappa shape index (κ3) is 9.18. The van der Waals surface area contributed by atoms with Crippen LogP contribution in [-0.2, 0) is 13.0 Å². The summed E-state index contributed by atoms with van der Waals surface area (Å²) in [6.07, 6.45) is 8.00. The molecule has 0 saturated heterocycles. The smallest absolute Gasteiger partial charge is 0.161 e.